The third kappa shape index (κ3) is 16.2. The molecule has 0 radical (unpaired) electrons. The van der Waals surface area contributed by atoms with E-state index >= 15 is 0 Å². The lowest BCUT2D eigenvalue weighted by Gasteiger charge is -2.31. The van der Waals surface area contributed by atoms with Crippen LogP contribution in [0.1, 0.15) is 111 Å². The number of benzene rings is 6. The van der Waals surface area contributed by atoms with Gasteiger partial charge in [0.05, 0.1) is 24.7 Å². The van der Waals surface area contributed by atoms with Gasteiger partial charge in [0.1, 0.15) is 19.8 Å². The van der Waals surface area contributed by atoms with Crippen molar-refractivity contribution in [2.75, 3.05) is 37.1 Å². The van der Waals surface area contributed by atoms with Gasteiger partial charge in [0, 0.05) is 67.3 Å². The lowest BCUT2D eigenvalue weighted by molar-refractivity contribution is -0.161. The van der Waals surface area contributed by atoms with Gasteiger partial charge in [-0.2, -0.15) is 0 Å². The quantitative estimate of drug-likeness (QED) is 0.0300. The van der Waals surface area contributed by atoms with Crippen molar-refractivity contribution in [2.45, 2.75) is 32.6 Å². The molecule has 0 fully saturated rings. The molecule has 0 bridgehead atoms. The van der Waals surface area contributed by atoms with Crippen molar-refractivity contribution >= 4 is 85.9 Å². The second kappa shape index (κ2) is 27.4. The molecule has 72 heavy (non-hydrogen) atoms. The summed E-state index contributed by atoms with van der Waals surface area (Å²) in [4.78, 5) is 117. The van der Waals surface area contributed by atoms with Gasteiger partial charge in [-0.3, -0.25) is 43.2 Å². The molecule has 0 aliphatic rings. The molecule has 12 nitrogen and oxygen atoms in total. The van der Waals surface area contributed by atoms with Gasteiger partial charge in [0.15, 0.2) is 17.3 Å². The van der Waals surface area contributed by atoms with Crippen LogP contribution < -0.4 is 0 Å². The number of ketones is 3. The summed E-state index contributed by atoms with van der Waals surface area (Å²) >= 11 is 2.66. The maximum atomic E-state index is 13.1. The number of thioether (sulfide) groups is 3. The average Bonchev–Trinajstić information content (AvgIpc) is 3.43. The van der Waals surface area contributed by atoms with E-state index in [0.717, 1.165) is 35.3 Å². The summed E-state index contributed by atoms with van der Waals surface area (Å²) in [7, 11) is 0. The normalized spacial score (nSPS) is 11.0. The van der Waals surface area contributed by atoms with E-state index < -0.39 is 23.3 Å². The topological polar surface area (TPSA) is 181 Å². The summed E-state index contributed by atoms with van der Waals surface area (Å²) in [5, 5.41) is -1.03. The fourth-order valence-electron chi connectivity index (χ4n) is 6.91. The molecule has 15 heteroatoms. The highest BCUT2D eigenvalue weighted by atomic mass is 32.2. The summed E-state index contributed by atoms with van der Waals surface area (Å²) < 4.78 is 16.9. The van der Waals surface area contributed by atoms with Gasteiger partial charge in [-0.15, -0.1) is 0 Å². The van der Waals surface area contributed by atoms with Crippen LogP contribution in [0.2, 0.25) is 0 Å². The molecule has 0 aliphatic carbocycles. The van der Waals surface area contributed by atoms with Crippen molar-refractivity contribution in [2.24, 2.45) is 5.41 Å². The van der Waals surface area contributed by atoms with Crippen molar-refractivity contribution in [3.8, 4) is 0 Å². The van der Waals surface area contributed by atoms with E-state index in [-0.39, 0.29) is 95.5 Å². The first-order chi connectivity index (χ1) is 34.8. The van der Waals surface area contributed by atoms with E-state index in [0.29, 0.717) is 50.1 Å². The number of esters is 3. The average molecular weight is 1020 g/mol. The molecule has 0 heterocycles. The van der Waals surface area contributed by atoms with E-state index in [2.05, 4.69) is 0 Å². The van der Waals surface area contributed by atoms with Crippen molar-refractivity contribution in [1.29, 1.82) is 0 Å². The molecule has 0 spiro atoms. The number of rotatable bonds is 25. The van der Waals surface area contributed by atoms with Gasteiger partial charge in [-0.1, -0.05) is 188 Å². The molecule has 0 amide bonds. The third-order valence-electron chi connectivity index (χ3n) is 11.2. The largest absolute Gasteiger partial charge is 0.465 e. The monoisotopic (exact) mass is 1020 g/mol. The van der Waals surface area contributed by atoms with Crippen LogP contribution in [0.4, 0.5) is 0 Å². The zero-order valence-electron chi connectivity index (χ0n) is 39.3. The summed E-state index contributed by atoms with van der Waals surface area (Å²) in [6.07, 6.45) is -0.270. The first-order valence-electron chi connectivity index (χ1n) is 22.9. The SMILES string of the molecule is CCC(COC(=O)CCSC(=O)c1cccc(C(=O)c2ccccc2)c1)(COC(=O)CCSC(=O)c1cccc(C(=O)c2ccccc2)c1)COC(=O)CCSC(=O)c1cccc(C(=O)c2ccccc2)c1. The van der Waals surface area contributed by atoms with E-state index in [1.807, 2.05) is 0 Å². The summed E-state index contributed by atoms with van der Waals surface area (Å²) in [5.74, 6) is -2.49. The van der Waals surface area contributed by atoms with E-state index in [1.54, 1.807) is 153 Å². The highest BCUT2D eigenvalue weighted by Crippen LogP contribution is 2.27. The zero-order valence-corrected chi connectivity index (χ0v) is 41.7. The lowest BCUT2D eigenvalue weighted by atomic mass is 9.88. The number of ether oxygens (including phenoxy) is 3. The van der Waals surface area contributed by atoms with E-state index in [4.69, 9.17) is 14.2 Å². The molecule has 6 aromatic rings. The Balaban J connectivity index is 1.01. The molecule has 0 atom stereocenters. The minimum Gasteiger partial charge on any atom is -0.465 e. The van der Waals surface area contributed by atoms with E-state index in [9.17, 15) is 43.2 Å². The maximum absolute atomic E-state index is 13.1. The Morgan fingerprint density at radius 3 is 0.861 bits per heavy atom. The van der Waals surface area contributed by atoms with Gasteiger partial charge >= 0.3 is 17.9 Å². The third-order valence-corrected chi connectivity index (χ3v) is 13.9. The van der Waals surface area contributed by atoms with Crippen LogP contribution in [0.3, 0.4) is 0 Å². The Bertz CT molecular complexity index is 2590. The number of carbonyl (C=O) groups excluding carboxylic acids is 9. The van der Waals surface area contributed by atoms with Crippen LogP contribution in [0.15, 0.2) is 164 Å². The molecule has 6 aromatic carbocycles. The van der Waals surface area contributed by atoms with Crippen LogP contribution in [0, 0.1) is 5.41 Å². The fraction of sp³-hybridized carbons (Fsp3) is 0.211. The second-order valence-electron chi connectivity index (χ2n) is 16.3. The Hall–Kier alpha value is -7.20. The number of carbonyl (C=O) groups is 9. The van der Waals surface area contributed by atoms with Crippen LogP contribution in [0.25, 0.3) is 0 Å². The summed E-state index contributed by atoms with van der Waals surface area (Å²) in [6.45, 7) is 0.794. The maximum Gasteiger partial charge on any atom is 0.306 e. The standard InChI is InChI=1S/C57H50O12S3/c1-2-57(36-67-48(58)27-30-70-54(64)45-24-12-21-42(33-45)51(61)39-15-6-3-7-16-39,37-68-49(59)28-31-71-55(65)46-25-13-22-43(34-46)52(62)40-17-8-4-9-18-40)38-69-50(60)29-32-72-56(66)47-26-14-23-44(35-47)53(63)41-19-10-5-11-20-41/h3-26,33-35H,2,27-32,36-38H2,1H3. The Kier molecular flexibility index (Phi) is 20.6. The lowest BCUT2D eigenvalue weighted by Crippen LogP contribution is -2.39. The predicted molar refractivity (Wildman–Crippen MR) is 279 cm³/mol. The van der Waals surface area contributed by atoms with Gasteiger partial charge in [-0.25, -0.2) is 0 Å². The number of hydrogen-bond acceptors (Lipinski definition) is 15. The molecule has 0 aliphatic heterocycles. The summed E-state index contributed by atoms with van der Waals surface area (Å²) in [5.41, 5.74) is 2.19. The number of hydrogen-bond donors (Lipinski definition) is 0. The van der Waals surface area contributed by atoms with Crippen LogP contribution in [0.5, 0.6) is 0 Å². The first kappa shape index (κ1) is 54.1. The zero-order chi connectivity index (χ0) is 51.3. The molecule has 0 unspecified atom stereocenters. The van der Waals surface area contributed by atoms with E-state index in [1.165, 1.54) is 18.2 Å². The fourth-order valence-corrected chi connectivity index (χ4v) is 9.15. The van der Waals surface area contributed by atoms with Gasteiger partial charge < -0.3 is 14.2 Å². The highest BCUT2D eigenvalue weighted by Gasteiger charge is 2.34. The predicted octanol–water partition coefficient (Wildman–Crippen LogP) is 10.6. The molecular weight excluding hydrogens is 973 g/mol. The second-order valence-corrected chi connectivity index (χ2v) is 19.5. The Morgan fingerprint density at radius 2 is 0.597 bits per heavy atom. The van der Waals surface area contributed by atoms with Crippen molar-refractivity contribution in [3.63, 3.8) is 0 Å². The van der Waals surface area contributed by atoms with Crippen molar-refractivity contribution < 1.29 is 57.4 Å². The van der Waals surface area contributed by atoms with Gasteiger partial charge in [0.2, 0.25) is 15.3 Å². The van der Waals surface area contributed by atoms with Crippen LogP contribution in [-0.2, 0) is 28.6 Å². The smallest absolute Gasteiger partial charge is 0.306 e. The van der Waals surface area contributed by atoms with Gasteiger partial charge in [-0.05, 0) is 24.6 Å². The highest BCUT2D eigenvalue weighted by molar-refractivity contribution is 8.14. The molecule has 0 saturated heterocycles. The van der Waals surface area contributed by atoms with Crippen LogP contribution in [-0.4, -0.2) is 87.7 Å². The molecule has 0 aromatic heterocycles. The minimum absolute atomic E-state index is 0.0612. The Labute approximate surface area is 430 Å². The molecule has 0 saturated carbocycles. The van der Waals surface area contributed by atoms with Crippen molar-refractivity contribution in [3.05, 3.63) is 214 Å². The summed E-state index contributed by atoms with van der Waals surface area (Å²) in [6, 6.07) is 45.1. The molecule has 368 valence electrons. The van der Waals surface area contributed by atoms with Crippen LogP contribution >= 0.6 is 35.3 Å². The molecular formula is C57H50O12S3. The minimum atomic E-state index is -1.20. The first-order valence-corrected chi connectivity index (χ1v) is 25.9. The van der Waals surface area contributed by atoms with Crippen molar-refractivity contribution in [1.82, 2.24) is 0 Å². The van der Waals surface area contributed by atoms with Gasteiger partial charge in [0.25, 0.3) is 0 Å². The Morgan fingerprint density at radius 1 is 0.347 bits per heavy atom. The molecule has 0 N–H and O–H groups in total. The molecule has 6 rings (SSSR count).